The van der Waals surface area contributed by atoms with Crippen molar-refractivity contribution in [3.63, 3.8) is 0 Å². The molecule has 2 rings (SSSR count). The maximum absolute atomic E-state index is 10.5. The van der Waals surface area contributed by atoms with Gasteiger partial charge in [0.1, 0.15) is 4.88 Å². The molecule has 0 fully saturated rings. The van der Waals surface area contributed by atoms with Crippen molar-refractivity contribution >= 4 is 33.3 Å². The van der Waals surface area contributed by atoms with E-state index in [1.807, 2.05) is 0 Å². The van der Waals surface area contributed by atoms with Crippen LogP contribution >= 0.6 is 11.3 Å². The predicted molar refractivity (Wildman–Crippen MR) is 45.3 cm³/mol. The lowest BCUT2D eigenvalue weighted by molar-refractivity contribution is 0.0702. The molecule has 5 nitrogen and oxygen atoms in total. The van der Waals surface area contributed by atoms with Crippen molar-refractivity contribution in [2.24, 2.45) is 0 Å². The fourth-order valence-electron chi connectivity index (χ4n) is 0.941. The van der Waals surface area contributed by atoms with Crippen molar-refractivity contribution in [2.75, 3.05) is 5.73 Å². The van der Waals surface area contributed by atoms with Crippen LogP contribution < -0.4 is 5.73 Å². The summed E-state index contributed by atoms with van der Waals surface area (Å²) in [5.74, 6) is -0.591. The van der Waals surface area contributed by atoms with Gasteiger partial charge < -0.3 is 10.8 Å². The van der Waals surface area contributed by atoms with Crippen LogP contribution in [0.15, 0.2) is 6.07 Å². The zero-order chi connectivity index (χ0) is 8.72. The first-order valence-corrected chi connectivity index (χ1v) is 3.97. The second kappa shape index (κ2) is 2.21. The summed E-state index contributed by atoms with van der Waals surface area (Å²) in [4.78, 5) is 10.8. The minimum Gasteiger partial charge on any atom is -0.477 e. The van der Waals surface area contributed by atoms with Gasteiger partial charge in [0.15, 0.2) is 5.82 Å². The third-order valence-corrected chi connectivity index (χ3v) is 2.62. The highest BCUT2D eigenvalue weighted by molar-refractivity contribution is 7.21. The number of anilines is 1. The van der Waals surface area contributed by atoms with Crippen LogP contribution in [0.1, 0.15) is 9.67 Å². The van der Waals surface area contributed by atoms with Crippen molar-refractivity contribution in [2.45, 2.75) is 0 Å². The Morgan fingerprint density at radius 3 is 3.08 bits per heavy atom. The number of aromatic carboxylic acids is 1. The summed E-state index contributed by atoms with van der Waals surface area (Å²) in [6.07, 6.45) is 0. The van der Waals surface area contributed by atoms with E-state index in [2.05, 4.69) is 10.2 Å². The lowest BCUT2D eigenvalue weighted by Crippen LogP contribution is -1.90. The molecule has 0 unspecified atom stereocenters. The molecular formula is C6H5N3O2S. The Balaban J connectivity index is 2.70. The standard InChI is InChI=1S/C6H5N3O2S/c7-5-4-2(8-9-5)1-3(12-4)6(10)11/h1H,(H,10,11)(H3,7,8,9). The summed E-state index contributed by atoms with van der Waals surface area (Å²) in [5.41, 5.74) is 6.14. The third-order valence-electron chi connectivity index (χ3n) is 1.47. The summed E-state index contributed by atoms with van der Waals surface area (Å²) in [7, 11) is 0. The third kappa shape index (κ3) is 0.850. The number of hydrogen-bond acceptors (Lipinski definition) is 4. The molecular weight excluding hydrogens is 178 g/mol. The number of nitrogens with two attached hydrogens (primary N) is 1. The number of fused-ring (bicyclic) bond motifs is 1. The number of nitrogens with one attached hydrogen (secondary N) is 1. The van der Waals surface area contributed by atoms with Crippen LogP contribution in [-0.2, 0) is 0 Å². The van der Waals surface area contributed by atoms with Crippen molar-refractivity contribution in [1.29, 1.82) is 0 Å². The number of rotatable bonds is 1. The summed E-state index contributed by atoms with van der Waals surface area (Å²) >= 11 is 1.12. The zero-order valence-corrected chi connectivity index (χ0v) is 6.68. The van der Waals surface area contributed by atoms with Crippen LogP contribution in [0.25, 0.3) is 10.2 Å². The van der Waals surface area contributed by atoms with Gasteiger partial charge in [-0.25, -0.2) is 4.79 Å². The van der Waals surface area contributed by atoms with E-state index in [0.717, 1.165) is 11.3 Å². The van der Waals surface area contributed by atoms with Crippen LogP contribution in [0.4, 0.5) is 5.82 Å². The molecule has 0 amide bonds. The van der Waals surface area contributed by atoms with Crippen molar-refractivity contribution in [3.8, 4) is 0 Å². The number of H-pyrrole nitrogens is 1. The van der Waals surface area contributed by atoms with E-state index in [9.17, 15) is 4.79 Å². The maximum Gasteiger partial charge on any atom is 0.345 e. The lowest BCUT2D eigenvalue weighted by atomic mass is 10.4. The molecule has 2 heterocycles. The fourth-order valence-corrected chi connectivity index (χ4v) is 1.79. The summed E-state index contributed by atoms with van der Waals surface area (Å²) in [6, 6.07) is 1.52. The molecule has 0 radical (unpaired) electrons. The molecule has 0 saturated heterocycles. The van der Waals surface area contributed by atoms with Crippen LogP contribution in [0, 0.1) is 0 Å². The molecule has 2 aromatic heterocycles. The van der Waals surface area contributed by atoms with E-state index >= 15 is 0 Å². The van der Waals surface area contributed by atoms with Gasteiger partial charge in [-0.3, -0.25) is 5.10 Å². The van der Waals surface area contributed by atoms with Gasteiger partial charge in [-0.15, -0.1) is 11.3 Å². The molecule has 0 aromatic carbocycles. The Kier molecular flexibility index (Phi) is 1.31. The van der Waals surface area contributed by atoms with Gasteiger partial charge in [0.2, 0.25) is 0 Å². The Bertz CT molecular complexity index is 445. The minimum absolute atomic E-state index is 0.269. The van der Waals surface area contributed by atoms with Gasteiger partial charge in [-0.2, -0.15) is 5.10 Å². The van der Waals surface area contributed by atoms with Crippen molar-refractivity contribution in [3.05, 3.63) is 10.9 Å². The smallest absolute Gasteiger partial charge is 0.345 e. The largest absolute Gasteiger partial charge is 0.477 e. The van der Waals surface area contributed by atoms with E-state index < -0.39 is 5.97 Å². The van der Waals surface area contributed by atoms with Gasteiger partial charge in [-0.1, -0.05) is 0 Å². The average molecular weight is 183 g/mol. The van der Waals surface area contributed by atoms with E-state index in [4.69, 9.17) is 10.8 Å². The molecule has 0 bridgehead atoms. The predicted octanol–water partition coefficient (Wildman–Crippen LogP) is 0.905. The lowest BCUT2D eigenvalue weighted by Gasteiger charge is -1.82. The van der Waals surface area contributed by atoms with Crippen molar-refractivity contribution < 1.29 is 9.90 Å². The molecule has 0 aliphatic heterocycles. The highest BCUT2D eigenvalue weighted by Crippen LogP contribution is 2.27. The highest BCUT2D eigenvalue weighted by Gasteiger charge is 2.11. The molecule has 0 spiro atoms. The number of carbonyl (C=O) groups is 1. The number of carboxylic acid groups (broad SMARTS) is 1. The second-order valence-electron chi connectivity index (χ2n) is 2.27. The molecule has 2 aromatic rings. The normalized spacial score (nSPS) is 10.7. The molecule has 0 aliphatic rings. The Morgan fingerprint density at radius 1 is 1.75 bits per heavy atom. The molecule has 12 heavy (non-hydrogen) atoms. The number of hydrogen-bond donors (Lipinski definition) is 3. The molecule has 62 valence electrons. The summed E-state index contributed by atoms with van der Waals surface area (Å²) in [6.45, 7) is 0. The number of carboxylic acids is 1. The van der Waals surface area contributed by atoms with E-state index in [0.29, 0.717) is 16.0 Å². The SMILES string of the molecule is Nc1n[nH]c2cc(C(=O)O)sc12. The van der Waals surface area contributed by atoms with E-state index in [-0.39, 0.29) is 4.88 Å². The van der Waals surface area contributed by atoms with Gasteiger partial charge in [0.25, 0.3) is 0 Å². The topological polar surface area (TPSA) is 92.0 Å². The van der Waals surface area contributed by atoms with E-state index in [1.165, 1.54) is 6.07 Å². The van der Waals surface area contributed by atoms with Crippen molar-refractivity contribution in [1.82, 2.24) is 10.2 Å². The van der Waals surface area contributed by atoms with Gasteiger partial charge in [0.05, 0.1) is 10.2 Å². The van der Waals surface area contributed by atoms with Gasteiger partial charge >= 0.3 is 5.97 Å². The first-order chi connectivity index (χ1) is 5.68. The van der Waals surface area contributed by atoms with Gasteiger partial charge in [0, 0.05) is 0 Å². The second-order valence-corrected chi connectivity index (χ2v) is 3.32. The van der Waals surface area contributed by atoms with Gasteiger partial charge in [-0.05, 0) is 6.07 Å². The molecule has 0 atom stereocenters. The summed E-state index contributed by atoms with van der Waals surface area (Å²) in [5, 5.41) is 15.0. The number of aromatic nitrogens is 2. The monoisotopic (exact) mass is 183 g/mol. The minimum atomic E-state index is -0.941. The highest BCUT2D eigenvalue weighted by atomic mass is 32.1. The number of nitrogen functional groups attached to an aromatic ring is 1. The quantitative estimate of drug-likeness (QED) is 0.612. The molecule has 0 aliphatic carbocycles. The van der Waals surface area contributed by atoms with E-state index in [1.54, 1.807) is 0 Å². The Morgan fingerprint density at radius 2 is 2.50 bits per heavy atom. The first kappa shape index (κ1) is 7.11. The summed E-state index contributed by atoms with van der Waals surface area (Å²) < 4.78 is 0.701. The number of aromatic amines is 1. The van der Waals surface area contributed by atoms with Crippen LogP contribution in [-0.4, -0.2) is 21.3 Å². The van der Waals surface area contributed by atoms with Crippen LogP contribution in [0.2, 0.25) is 0 Å². The first-order valence-electron chi connectivity index (χ1n) is 3.15. The number of thiophene rings is 1. The molecule has 6 heteroatoms. The zero-order valence-electron chi connectivity index (χ0n) is 5.87. The fraction of sp³-hybridized carbons (Fsp3) is 0. The van der Waals surface area contributed by atoms with Crippen LogP contribution in [0.3, 0.4) is 0 Å². The molecule has 4 N–H and O–H groups in total. The Labute approximate surface area is 70.8 Å². The van der Waals surface area contributed by atoms with Crippen LogP contribution in [0.5, 0.6) is 0 Å². The maximum atomic E-state index is 10.5. The number of nitrogens with zero attached hydrogens (tertiary/aromatic N) is 1. The molecule has 0 saturated carbocycles. The average Bonchev–Trinajstić information content (AvgIpc) is 2.53. The Hall–Kier alpha value is -1.56.